The average Bonchev–Trinajstić information content (AvgIpc) is 3.16. The van der Waals surface area contributed by atoms with Crippen molar-refractivity contribution in [1.29, 1.82) is 0 Å². The van der Waals surface area contributed by atoms with Gasteiger partial charge in [0, 0.05) is 41.8 Å². The highest BCUT2D eigenvalue weighted by atomic mass is 32.2. The van der Waals surface area contributed by atoms with Crippen LogP contribution >= 0.6 is 0 Å². The lowest BCUT2D eigenvalue weighted by Gasteiger charge is -2.16. The number of nitrogens with one attached hydrogen (secondary N) is 1. The number of aliphatic hydroxyl groups is 1. The number of rotatable bonds is 9. The smallest absolute Gasteiger partial charge is 0.248 e. The molecular weight excluding hydrogens is 440 g/mol. The lowest BCUT2D eigenvalue weighted by Crippen LogP contribution is -2.23. The van der Waals surface area contributed by atoms with Gasteiger partial charge in [0.2, 0.25) is 5.56 Å². The molecule has 2 aromatic carbocycles. The van der Waals surface area contributed by atoms with Crippen LogP contribution in [-0.2, 0) is 22.8 Å². The maximum Gasteiger partial charge on any atom is 0.248 e. The van der Waals surface area contributed by atoms with Gasteiger partial charge in [-0.25, -0.2) is 8.42 Å². The molecule has 4 rings (SSSR count). The highest BCUT2D eigenvalue weighted by Crippen LogP contribution is 2.20. The molecule has 172 valence electrons. The molecule has 2 N–H and O–H groups in total. The third-order valence-electron chi connectivity index (χ3n) is 5.58. The molecule has 0 fully saturated rings. The predicted octanol–water partition coefficient (Wildman–Crippen LogP) is 3.09. The molecule has 33 heavy (non-hydrogen) atoms. The Morgan fingerprint density at radius 1 is 1.06 bits per heavy atom. The normalized spacial score (nSPS) is 12.7. The number of aliphatic hydroxyl groups excluding tert-OH is 1. The van der Waals surface area contributed by atoms with E-state index < -0.39 is 15.9 Å². The first-order valence-electron chi connectivity index (χ1n) is 10.7. The number of nitrogens with zero attached hydrogens (tertiary/aromatic N) is 1. The number of aromatic amines is 1. The first-order valence-corrected chi connectivity index (χ1v) is 12.3. The van der Waals surface area contributed by atoms with E-state index in [0.717, 1.165) is 16.6 Å². The molecule has 0 aliphatic carbocycles. The van der Waals surface area contributed by atoms with Gasteiger partial charge in [0.1, 0.15) is 12.4 Å². The molecule has 0 saturated heterocycles. The predicted molar refractivity (Wildman–Crippen MR) is 127 cm³/mol. The Kier molecular flexibility index (Phi) is 6.67. The molecule has 0 radical (unpaired) electrons. The second-order valence-electron chi connectivity index (χ2n) is 8.01. The number of sulfone groups is 1. The van der Waals surface area contributed by atoms with Crippen LogP contribution in [-0.4, -0.2) is 41.5 Å². The molecular formula is C25H26N2O5S. The number of aromatic nitrogens is 2. The van der Waals surface area contributed by atoms with Gasteiger partial charge in [-0.05, 0) is 55.0 Å². The summed E-state index contributed by atoms with van der Waals surface area (Å²) in [6.07, 6.45) is 1.42. The molecule has 0 amide bonds. The van der Waals surface area contributed by atoms with Gasteiger partial charge in [-0.2, -0.15) is 0 Å². The number of H-pyrrole nitrogens is 1. The summed E-state index contributed by atoms with van der Waals surface area (Å²) in [7, 11) is -3.39. The molecule has 7 nitrogen and oxygen atoms in total. The molecule has 0 aliphatic rings. The van der Waals surface area contributed by atoms with E-state index in [1.807, 2.05) is 23.8 Å². The zero-order valence-corrected chi connectivity index (χ0v) is 19.1. The number of fused-ring (bicyclic) bond motifs is 1. The zero-order valence-electron chi connectivity index (χ0n) is 18.3. The highest BCUT2D eigenvalue weighted by Gasteiger charge is 2.17. The van der Waals surface area contributed by atoms with E-state index in [0.29, 0.717) is 29.1 Å². The van der Waals surface area contributed by atoms with Crippen molar-refractivity contribution in [2.24, 2.45) is 0 Å². The Labute approximate surface area is 192 Å². The second-order valence-corrected chi connectivity index (χ2v) is 10.1. The van der Waals surface area contributed by atoms with Crippen LogP contribution in [0.2, 0.25) is 0 Å². The van der Waals surface area contributed by atoms with Crippen molar-refractivity contribution in [2.45, 2.75) is 30.9 Å². The number of benzene rings is 2. The summed E-state index contributed by atoms with van der Waals surface area (Å²) in [4.78, 5) is 14.5. The van der Waals surface area contributed by atoms with E-state index in [-0.39, 0.29) is 17.9 Å². The topological polar surface area (TPSA) is 101 Å². The summed E-state index contributed by atoms with van der Waals surface area (Å²) in [6.45, 7) is 2.33. The van der Waals surface area contributed by atoms with Crippen molar-refractivity contribution in [2.75, 3.05) is 12.4 Å². The minimum atomic E-state index is -3.39. The van der Waals surface area contributed by atoms with Gasteiger partial charge in [-0.1, -0.05) is 18.2 Å². The maximum absolute atomic E-state index is 12.6. The van der Waals surface area contributed by atoms with E-state index in [4.69, 9.17) is 4.74 Å². The molecule has 1 atom stereocenters. The van der Waals surface area contributed by atoms with Crippen LogP contribution in [0.25, 0.3) is 10.9 Å². The van der Waals surface area contributed by atoms with Gasteiger partial charge in [-0.15, -0.1) is 0 Å². The molecule has 0 bridgehead atoms. The third-order valence-corrected chi connectivity index (χ3v) is 7.29. The standard InChI is InChI=1S/C25H26N2O5S/c1-18-11-12-27(13-14-33(30,31)22-5-3-2-4-6-22)24(18)16-20(28)17-32-21-8-9-23-19(15-21)7-10-25(29)26-23/h2-12,15,20,28H,13-14,16-17H2,1H3,(H,26,29). The summed E-state index contributed by atoms with van der Waals surface area (Å²) >= 11 is 0. The van der Waals surface area contributed by atoms with E-state index in [9.17, 15) is 18.3 Å². The minimum absolute atomic E-state index is 0.0239. The van der Waals surface area contributed by atoms with Crippen LogP contribution in [0.1, 0.15) is 11.3 Å². The number of pyridine rings is 1. The van der Waals surface area contributed by atoms with E-state index in [1.165, 1.54) is 6.07 Å². The Balaban J connectivity index is 1.38. The molecule has 2 aromatic heterocycles. The van der Waals surface area contributed by atoms with Crippen LogP contribution in [0, 0.1) is 6.92 Å². The summed E-state index contributed by atoms with van der Waals surface area (Å²) in [5.74, 6) is 0.568. The Morgan fingerprint density at radius 2 is 1.85 bits per heavy atom. The summed E-state index contributed by atoms with van der Waals surface area (Å²) < 4.78 is 32.9. The molecule has 4 aromatic rings. The lowest BCUT2D eigenvalue weighted by molar-refractivity contribution is 0.106. The fraction of sp³-hybridized carbons (Fsp3) is 0.240. The van der Waals surface area contributed by atoms with Crippen LogP contribution in [0.3, 0.4) is 0 Å². The number of hydrogen-bond acceptors (Lipinski definition) is 5. The summed E-state index contributed by atoms with van der Waals surface area (Å²) in [6, 6.07) is 18.8. The molecule has 2 heterocycles. The second kappa shape index (κ2) is 9.64. The maximum atomic E-state index is 12.6. The summed E-state index contributed by atoms with van der Waals surface area (Å²) in [5, 5.41) is 11.4. The Bertz CT molecular complexity index is 1410. The highest BCUT2D eigenvalue weighted by molar-refractivity contribution is 7.91. The fourth-order valence-corrected chi connectivity index (χ4v) is 5.01. The fourth-order valence-electron chi connectivity index (χ4n) is 3.76. The molecule has 0 aliphatic heterocycles. The van der Waals surface area contributed by atoms with E-state index >= 15 is 0 Å². The van der Waals surface area contributed by atoms with Crippen LogP contribution < -0.4 is 10.3 Å². The molecule has 8 heteroatoms. The quantitative estimate of drug-likeness (QED) is 0.395. The summed E-state index contributed by atoms with van der Waals surface area (Å²) in [5.41, 5.74) is 2.42. The molecule has 1 unspecified atom stereocenters. The lowest BCUT2D eigenvalue weighted by atomic mass is 10.1. The van der Waals surface area contributed by atoms with Crippen molar-refractivity contribution in [1.82, 2.24) is 9.55 Å². The third kappa shape index (κ3) is 5.53. The first-order chi connectivity index (χ1) is 15.8. The SMILES string of the molecule is Cc1ccn(CCS(=O)(=O)c2ccccc2)c1CC(O)COc1ccc2[nH]c(=O)ccc2c1. The van der Waals surface area contributed by atoms with Crippen molar-refractivity contribution >= 4 is 20.7 Å². The van der Waals surface area contributed by atoms with Gasteiger partial charge in [-0.3, -0.25) is 4.79 Å². The molecule has 0 saturated carbocycles. The van der Waals surface area contributed by atoms with Crippen LogP contribution in [0.4, 0.5) is 0 Å². The van der Waals surface area contributed by atoms with Gasteiger partial charge in [0.15, 0.2) is 9.84 Å². The van der Waals surface area contributed by atoms with Crippen molar-refractivity contribution < 1.29 is 18.3 Å². The monoisotopic (exact) mass is 466 g/mol. The largest absolute Gasteiger partial charge is 0.491 e. The van der Waals surface area contributed by atoms with Crippen molar-refractivity contribution in [3.8, 4) is 5.75 Å². The van der Waals surface area contributed by atoms with Gasteiger partial charge >= 0.3 is 0 Å². The zero-order chi connectivity index (χ0) is 23.4. The van der Waals surface area contributed by atoms with E-state index in [1.54, 1.807) is 54.6 Å². The first kappa shape index (κ1) is 22.8. The number of hydrogen-bond donors (Lipinski definition) is 2. The Morgan fingerprint density at radius 3 is 2.64 bits per heavy atom. The van der Waals surface area contributed by atoms with Gasteiger partial charge in [0.25, 0.3) is 0 Å². The van der Waals surface area contributed by atoms with Crippen LogP contribution in [0.5, 0.6) is 5.75 Å². The van der Waals surface area contributed by atoms with E-state index in [2.05, 4.69) is 4.98 Å². The number of aryl methyl sites for hydroxylation is 2. The molecule has 0 spiro atoms. The van der Waals surface area contributed by atoms with Crippen molar-refractivity contribution in [3.05, 3.63) is 94.5 Å². The average molecular weight is 467 g/mol. The number of ether oxygens (including phenoxy) is 1. The van der Waals surface area contributed by atoms with Gasteiger partial charge < -0.3 is 19.4 Å². The van der Waals surface area contributed by atoms with Crippen LogP contribution in [0.15, 0.2) is 82.6 Å². The minimum Gasteiger partial charge on any atom is -0.491 e. The van der Waals surface area contributed by atoms with Gasteiger partial charge in [0.05, 0.1) is 16.8 Å². The van der Waals surface area contributed by atoms with Crippen molar-refractivity contribution in [3.63, 3.8) is 0 Å². The Hall–Kier alpha value is -3.36.